The molecule has 2 rings (SSSR count). The van der Waals surface area contributed by atoms with Crippen molar-refractivity contribution in [2.24, 2.45) is 5.73 Å². The number of aryl methyl sites for hydroxylation is 1. The molecule has 0 aliphatic rings. The molecular formula is C16H17Cl2NO. The van der Waals surface area contributed by atoms with E-state index in [4.69, 9.17) is 33.7 Å². The van der Waals surface area contributed by atoms with Gasteiger partial charge in [-0.1, -0.05) is 35.3 Å². The van der Waals surface area contributed by atoms with E-state index >= 15 is 0 Å². The summed E-state index contributed by atoms with van der Waals surface area (Å²) in [4.78, 5) is 0. The lowest BCUT2D eigenvalue weighted by Gasteiger charge is -2.13. The zero-order valence-electron chi connectivity index (χ0n) is 11.5. The van der Waals surface area contributed by atoms with Gasteiger partial charge in [0.25, 0.3) is 0 Å². The highest BCUT2D eigenvalue weighted by atomic mass is 35.5. The van der Waals surface area contributed by atoms with Crippen molar-refractivity contribution in [1.82, 2.24) is 0 Å². The molecule has 0 bridgehead atoms. The van der Waals surface area contributed by atoms with E-state index < -0.39 is 0 Å². The van der Waals surface area contributed by atoms with Gasteiger partial charge in [-0.05, 0) is 55.7 Å². The molecule has 2 nitrogen and oxygen atoms in total. The van der Waals surface area contributed by atoms with Crippen molar-refractivity contribution in [3.05, 3.63) is 57.6 Å². The van der Waals surface area contributed by atoms with Crippen LogP contribution < -0.4 is 10.5 Å². The number of nitrogens with two attached hydrogens (primary N) is 1. The minimum absolute atomic E-state index is 0.115. The Morgan fingerprint density at radius 2 is 1.85 bits per heavy atom. The molecule has 2 aromatic carbocycles. The molecule has 1 unspecified atom stereocenters. The molecule has 0 spiro atoms. The van der Waals surface area contributed by atoms with Crippen molar-refractivity contribution in [2.75, 3.05) is 0 Å². The summed E-state index contributed by atoms with van der Waals surface area (Å²) in [5.74, 6) is 1.38. The van der Waals surface area contributed by atoms with Gasteiger partial charge in [0.05, 0.1) is 5.02 Å². The van der Waals surface area contributed by atoms with Crippen molar-refractivity contribution in [3.8, 4) is 11.5 Å². The van der Waals surface area contributed by atoms with Gasteiger partial charge in [-0.3, -0.25) is 0 Å². The highest BCUT2D eigenvalue weighted by Gasteiger charge is 2.08. The Bertz CT molecular complexity index is 611. The van der Waals surface area contributed by atoms with Crippen molar-refractivity contribution >= 4 is 23.2 Å². The Kier molecular flexibility index (Phi) is 4.92. The molecule has 2 aromatic rings. The summed E-state index contributed by atoms with van der Waals surface area (Å²) >= 11 is 12.0. The van der Waals surface area contributed by atoms with Crippen LogP contribution in [-0.4, -0.2) is 6.04 Å². The first-order valence-corrected chi connectivity index (χ1v) is 7.19. The maximum absolute atomic E-state index is 6.13. The first kappa shape index (κ1) is 15.2. The molecule has 0 saturated heterocycles. The summed E-state index contributed by atoms with van der Waals surface area (Å²) in [6.45, 7) is 3.98. The SMILES string of the molecule is Cc1ccc(CC(C)N)cc1Oc1ccc(Cl)cc1Cl. The minimum atomic E-state index is 0.115. The lowest BCUT2D eigenvalue weighted by molar-refractivity contribution is 0.478. The Hall–Kier alpha value is -1.22. The van der Waals surface area contributed by atoms with Crippen LogP contribution in [0.1, 0.15) is 18.1 Å². The van der Waals surface area contributed by atoms with Gasteiger partial charge in [-0.2, -0.15) is 0 Å². The van der Waals surface area contributed by atoms with Crippen LogP contribution in [0.3, 0.4) is 0 Å². The molecule has 20 heavy (non-hydrogen) atoms. The third kappa shape index (κ3) is 3.89. The van der Waals surface area contributed by atoms with E-state index in [1.165, 1.54) is 0 Å². The summed E-state index contributed by atoms with van der Waals surface area (Å²) in [7, 11) is 0. The second kappa shape index (κ2) is 6.49. The van der Waals surface area contributed by atoms with Gasteiger partial charge in [0.2, 0.25) is 0 Å². The number of hydrogen-bond acceptors (Lipinski definition) is 2. The van der Waals surface area contributed by atoms with E-state index in [1.54, 1.807) is 18.2 Å². The lowest BCUT2D eigenvalue weighted by atomic mass is 10.1. The van der Waals surface area contributed by atoms with Gasteiger partial charge in [-0.15, -0.1) is 0 Å². The summed E-state index contributed by atoms with van der Waals surface area (Å²) in [6, 6.07) is 11.4. The van der Waals surface area contributed by atoms with Crippen LogP contribution in [0, 0.1) is 6.92 Å². The average molecular weight is 310 g/mol. The normalized spacial score (nSPS) is 12.2. The molecule has 106 valence electrons. The molecule has 0 aromatic heterocycles. The van der Waals surface area contributed by atoms with Crippen molar-refractivity contribution < 1.29 is 4.74 Å². The van der Waals surface area contributed by atoms with Crippen molar-refractivity contribution in [1.29, 1.82) is 0 Å². The molecular weight excluding hydrogens is 293 g/mol. The quantitative estimate of drug-likeness (QED) is 0.864. The lowest BCUT2D eigenvalue weighted by Crippen LogP contribution is -2.17. The fourth-order valence-corrected chi connectivity index (χ4v) is 2.38. The predicted molar refractivity (Wildman–Crippen MR) is 85.1 cm³/mol. The van der Waals surface area contributed by atoms with Gasteiger partial charge >= 0.3 is 0 Å². The first-order chi connectivity index (χ1) is 9.45. The third-order valence-electron chi connectivity index (χ3n) is 2.92. The van der Waals surface area contributed by atoms with Crippen LogP contribution in [0.15, 0.2) is 36.4 Å². The Morgan fingerprint density at radius 3 is 2.50 bits per heavy atom. The Morgan fingerprint density at radius 1 is 1.10 bits per heavy atom. The predicted octanol–water partition coefficient (Wildman–Crippen LogP) is 4.98. The number of ether oxygens (including phenoxy) is 1. The minimum Gasteiger partial charge on any atom is -0.456 e. The van der Waals surface area contributed by atoms with E-state index in [0.717, 1.165) is 23.3 Å². The van der Waals surface area contributed by atoms with E-state index in [2.05, 4.69) is 6.07 Å². The van der Waals surface area contributed by atoms with Crippen molar-refractivity contribution in [2.45, 2.75) is 26.3 Å². The third-order valence-corrected chi connectivity index (χ3v) is 3.45. The van der Waals surface area contributed by atoms with E-state index in [9.17, 15) is 0 Å². The topological polar surface area (TPSA) is 35.2 Å². The highest BCUT2D eigenvalue weighted by molar-refractivity contribution is 6.35. The van der Waals surface area contributed by atoms with Crippen molar-refractivity contribution in [3.63, 3.8) is 0 Å². The summed E-state index contributed by atoms with van der Waals surface area (Å²) < 4.78 is 5.89. The van der Waals surface area contributed by atoms with Gasteiger partial charge in [0.15, 0.2) is 0 Å². The van der Waals surface area contributed by atoms with Crippen LogP contribution >= 0.6 is 23.2 Å². The first-order valence-electron chi connectivity index (χ1n) is 6.43. The van der Waals surface area contributed by atoms with Crippen LogP contribution in [0.25, 0.3) is 0 Å². The number of benzene rings is 2. The molecule has 2 N–H and O–H groups in total. The van der Waals surface area contributed by atoms with Crippen LogP contribution in [0.5, 0.6) is 11.5 Å². The number of hydrogen-bond donors (Lipinski definition) is 1. The second-order valence-corrected chi connectivity index (χ2v) is 5.80. The second-order valence-electron chi connectivity index (χ2n) is 4.96. The zero-order chi connectivity index (χ0) is 14.7. The fourth-order valence-electron chi connectivity index (χ4n) is 1.93. The highest BCUT2D eigenvalue weighted by Crippen LogP contribution is 2.33. The largest absolute Gasteiger partial charge is 0.456 e. The molecule has 0 fully saturated rings. The monoisotopic (exact) mass is 309 g/mol. The van der Waals surface area contributed by atoms with Gasteiger partial charge in [0, 0.05) is 11.1 Å². The molecule has 0 amide bonds. The summed E-state index contributed by atoms with van der Waals surface area (Å²) in [6.07, 6.45) is 0.811. The molecule has 0 radical (unpaired) electrons. The summed E-state index contributed by atoms with van der Waals surface area (Å²) in [5.41, 5.74) is 8.02. The summed E-state index contributed by atoms with van der Waals surface area (Å²) in [5, 5.41) is 1.08. The molecule has 0 aliphatic heterocycles. The maximum Gasteiger partial charge on any atom is 0.146 e. The zero-order valence-corrected chi connectivity index (χ0v) is 13.0. The maximum atomic E-state index is 6.13. The van der Waals surface area contributed by atoms with E-state index in [0.29, 0.717) is 15.8 Å². The number of rotatable bonds is 4. The van der Waals surface area contributed by atoms with Crippen LogP contribution in [0.4, 0.5) is 0 Å². The molecule has 1 atom stereocenters. The van der Waals surface area contributed by atoms with Gasteiger partial charge in [0.1, 0.15) is 11.5 Å². The molecule has 0 aliphatic carbocycles. The fraction of sp³-hybridized carbons (Fsp3) is 0.250. The van der Waals surface area contributed by atoms with Crippen LogP contribution in [-0.2, 0) is 6.42 Å². The van der Waals surface area contributed by atoms with E-state index in [-0.39, 0.29) is 6.04 Å². The van der Waals surface area contributed by atoms with Gasteiger partial charge < -0.3 is 10.5 Å². The van der Waals surface area contributed by atoms with Crippen LogP contribution in [0.2, 0.25) is 10.0 Å². The molecule has 0 saturated carbocycles. The standard InChI is InChI=1S/C16H17Cl2NO/c1-10-3-4-12(7-11(2)19)8-16(10)20-15-6-5-13(17)9-14(15)18/h3-6,8-9,11H,7,19H2,1-2H3. The molecule has 4 heteroatoms. The molecule has 0 heterocycles. The van der Waals surface area contributed by atoms with Gasteiger partial charge in [-0.25, -0.2) is 0 Å². The Balaban J connectivity index is 2.27. The Labute approximate surface area is 129 Å². The average Bonchev–Trinajstić information content (AvgIpc) is 2.36. The number of halogens is 2. The smallest absolute Gasteiger partial charge is 0.146 e. The van der Waals surface area contributed by atoms with E-state index in [1.807, 2.05) is 26.0 Å².